The van der Waals surface area contributed by atoms with Crippen LogP contribution < -0.4 is 10.6 Å². The molecule has 0 atom stereocenters. The van der Waals surface area contributed by atoms with Gasteiger partial charge in [-0.2, -0.15) is 0 Å². The van der Waals surface area contributed by atoms with Gasteiger partial charge in [0.05, 0.1) is 6.61 Å². The summed E-state index contributed by atoms with van der Waals surface area (Å²) in [7, 11) is 0.0927. The molecule has 18 heavy (non-hydrogen) atoms. The van der Waals surface area contributed by atoms with Crippen LogP contribution in [-0.2, 0) is 14.1 Å². The molecule has 0 fully saturated rings. The molecule has 0 aliphatic rings. The highest BCUT2D eigenvalue weighted by molar-refractivity contribution is 7.23. The number of esters is 1. The van der Waals surface area contributed by atoms with Gasteiger partial charge in [0.2, 0.25) is 0 Å². The number of hydrogen-bond acceptors (Lipinski definition) is 4. The molecule has 0 unspecified atom stereocenters. The highest BCUT2D eigenvalue weighted by Gasteiger charge is 2.02. The van der Waals surface area contributed by atoms with E-state index >= 15 is 0 Å². The molecule has 2 N–H and O–H groups in total. The number of urea groups is 1. The Balaban J connectivity index is 3.37. The Labute approximate surface area is 108 Å². The lowest BCUT2D eigenvalue weighted by Crippen LogP contribution is -2.37. The second kappa shape index (κ2) is 10.7. The number of nitrogens with one attached hydrogen (secondary N) is 2. The van der Waals surface area contributed by atoms with Crippen LogP contribution in [0.2, 0.25) is 0 Å². The van der Waals surface area contributed by atoms with Gasteiger partial charge in [-0.25, -0.2) is 9.59 Å². The lowest BCUT2D eigenvalue weighted by Gasteiger charge is -2.07. The summed E-state index contributed by atoms with van der Waals surface area (Å²) < 4.78 is 15.0. The molecule has 2 amide bonds. The monoisotopic (exact) mass is 274 g/mol. The molecule has 0 radical (unpaired) electrons. The van der Waals surface area contributed by atoms with Gasteiger partial charge in [0.25, 0.3) is 0 Å². The summed E-state index contributed by atoms with van der Waals surface area (Å²) in [4.78, 5) is 22.2. The van der Waals surface area contributed by atoms with Gasteiger partial charge in [-0.3, -0.25) is 4.57 Å². The van der Waals surface area contributed by atoms with E-state index in [1.807, 2.05) is 0 Å². The van der Waals surface area contributed by atoms with E-state index in [9.17, 15) is 14.2 Å². The van der Waals surface area contributed by atoms with Crippen LogP contribution in [-0.4, -0.2) is 37.9 Å². The van der Waals surface area contributed by atoms with Crippen LogP contribution >= 0.6 is 8.46 Å². The maximum Gasteiger partial charge on any atom is 0.333 e. The minimum Gasteiger partial charge on any atom is -0.462 e. The van der Waals surface area contributed by atoms with Crippen molar-refractivity contribution in [2.45, 2.75) is 19.8 Å². The molecular weight excluding hydrogens is 255 g/mol. The number of ether oxygens (including phenoxy) is 1. The summed E-state index contributed by atoms with van der Waals surface area (Å²) in [6, 6.07) is -0.274. The van der Waals surface area contributed by atoms with E-state index in [0.29, 0.717) is 37.7 Å². The van der Waals surface area contributed by atoms with Crippen LogP contribution in [0.4, 0.5) is 4.79 Å². The molecule has 0 saturated carbocycles. The van der Waals surface area contributed by atoms with E-state index in [1.165, 1.54) is 0 Å². The third-order valence-corrected chi connectivity index (χ3v) is 2.40. The first kappa shape index (κ1) is 16.6. The third kappa shape index (κ3) is 9.78. The first-order chi connectivity index (χ1) is 8.57. The average molecular weight is 274 g/mol. The molecule has 7 heteroatoms. The standard InChI is InChI=1S/C11H19N2O4P/c1-9(2)10(14)17-7-3-5-12-11(15)13-6-4-8-18-16/h1,3-8H2,2H3,(H2,12,13,15). The molecule has 0 aliphatic heterocycles. The van der Waals surface area contributed by atoms with Gasteiger partial charge in [0.15, 0.2) is 8.46 Å². The van der Waals surface area contributed by atoms with Gasteiger partial charge in [-0.1, -0.05) is 6.58 Å². The highest BCUT2D eigenvalue weighted by atomic mass is 31.1. The van der Waals surface area contributed by atoms with E-state index < -0.39 is 5.97 Å². The molecule has 0 aliphatic carbocycles. The molecule has 6 nitrogen and oxygen atoms in total. The van der Waals surface area contributed by atoms with Gasteiger partial charge in [-0.05, 0) is 19.8 Å². The number of hydrogen-bond donors (Lipinski definition) is 2. The smallest absolute Gasteiger partial charge is 0.333 e. The quantitative estimate of drug-likeness (QED) is 0.288. The average Bonchev–Trinajstić information content (AvgIpc) is 2.33. The van der Waals surface area contributed by atoms with Crippen molar-refractivity contribution in [3.05, 3.63) is 12.2 Å². The normalized spacial score (nSPS) is 9.83. The fourth-order valence-corrected chi connectivity index (χ4v) is 1.26. The second-order valence-corrected chi connectivity index (χ2v) is 4.36. The van der Waals surface area contributed by atoms with E-state index in [-0.39, 0.29) is 21.1 Å². The zero-order valence-electron chi connectivity index (χ0n) is 10.5. The topological polar surface area (TPSA) is 84.5 Å². The predicted molar refractivity (Wildman–Crippen MR) is 68.9 cm³/mol. The van der Waals surface area contributed by atoms with Crippen LogP contribution in [0, 0.1) is 0 Å². The lowest BCUT2D eigenvalue weighted by molar-refractivity contribution is -0.138. The predicted octanol–water partition coefficient (Wildman–Crippen LogP) is 1.48. The first-order valence-electron chi connectivity index (χ1n) is 5.71. The third-order valence-electron chi connectivity index (χ3n) is 1.90. The van der Waals surface area contributed by atoms with Gasteiger partial charge >= 0.3 is 12.0 Å². The number of rotatable bonds is 9. The van der Waals surface area contributed by atoms with E-state index in [1.54, 1.807) is 6.92 Å². The fourth-order valence-electron chi connectivity index (χ4n) is 0.970. The van der Waals surface area contributed by atoms with Gasteiger partial charge in [0.1, 0.15) is 0 Å². The van der Waals surface area contributed by atoms with Crippen LogP contribution in [0.25, 0.3) is 0 Å². The summed E-state index contributed by atoms with van der Waals surface area (Å²) in [6.07, 6.45) is 1.76. The van der Waals surface area contributed by atoms with E-state index in [0.717, 1.165) is 0 Å². The molecule has 0 aromatic rings. The summed E-state index contributed by atoms with van der Waals surface area (Å²) in [5, 5.41) is 5.24. The number of carbonyl (C=O) groups is 2. The Morgan fingerprint density at radius 2 is 1.83 bits per heavy atom. The summed E-state index contributed by atoms with van der Waals surface area (Å²) in [5.74, 6) is -0.420. The SMILES string of the molecule is C=C(C)C(=O)OCCCNC(=O)NCCCP=O. The molecule has 0 spiro atoms. The van der Waals surface area contributed by atoms with Crippen LogP contribution in [0.15, 0.2) is 12.2 Å². The Morgan fingerprint density at radius 3 is 2.39 bits per heavy atom. The van der Waals surface area contributed by atoms with Crippen molar-refractivity contribution in [3.8, 4) is 0 Å². The fraction of sp³-hybridized carbons (Fsp3) is 0.636. The molecule has 0 aromatic heterocycles. The Kier molecular flexibility index (Phi) is 9.87. The van der Waals surface area contributed by atoms with Crippen molar-refractivity contribution >= 4 is 20.5 Å². The van der Waals surface area contributed by atoms with Crippen molar-refractivity contribution in [1.82, 2.24) is 10.6 Å². The Bertz CT molecular complexity index is 307. The number of carbonyl (C=O) groups excluding carboxylic acids is 2. The van der Waals surface area contributed by atoms with Gasteiger partial charge in [0, 0.05) is 24.8 Å². The molecule has 0 bridgehead atoms. The van der Waals surface area contributed by atoms with Crippen molar-refractivity contribution in [2.75, 3.05) is 25.9 Å². The maximum absolute atomic E-state index is 11.2. The zero-order chi connectivity index (χ0) is 13.8. The second-order valence-electron chi connectivity index (χ2n) is 3.66. The Morgan fingerprint density at radius 1 is 1.22 bits per heavy atom. The molecular formula is C11H19N2O4P. The zero-order valence-corrected chi connectivity index (χ0v) is 11.4. The largest absolute Gasteiger partial charge is 0.462 e. The minimum atomic E-state index is -0.420. The van der Waals surface area contributed by atoms with Gasteiger partial charge < -0.3 is 15.4 Å². The molecule has 0 rings (SSSR count). The summed E-state index contributed by atoms with van der Waals surface area (Å²) in [5.41, 5.74) is 0.360. The molecule has 0 heterocycles. The summed E-state index contributed by atoms with van der Waals surface area (Å²) in [6.45, 7) is 6.20. The van der Waals surface area contributed by atoms with E-state index in [2.05, 4.69) is 17.2 Å². The molecule has 0 saturated heterocycles. The van der Waals surface area contributed by atoms with Crippen molar-refractivity contribution in [3.63, 3.8) is 0 Å². The van der Waals surface area contributed by atoms with Crippen molar-refractivity contribution < 1.29 is 18.9 Å². The number of amides is 2. The minimum absolute atomic E-state index is 0.0927. The van der Waals surface area contributed by atoms with Crippen molar-refractivity contribution in [2.24, 2.45) is 0 Å². The highest BCUT2D eigenvalue weighted by Crippen LogP contribution is 1.93. The van der Waals surface area contributed by atoms with Gasteiger partial charge in [-0.15, -0.1) is 0 Å². The van der Waals surface area contributed by atoms with Crippen LogP contribution in [0.1, 0.15) is 19.8 Å². The van der Waals surface area contributed by atoms with Crippen molar-refractivity contribution in [1.29, 1.82) is 0 Å². The van der Waals surface area contributed by atoms with Crippen LogP contribution in [0.3, 0.4) is 0 Å². The first-order valence-corrected chi connectivity index (χ1v) is 6.71. The Hall–Kier alpha value is -1.42. The molecule has 102 valence electrons. The van der Waals surface area contributed by atoms with Crippen LogP contribution in [0.5, 0.6) is 0 Å². The summed E-state index contributed by atoms with van der Waals surface area (Å²) >= 11 is 0. The molecule has 0 aromatic carbocycles. The lowest BCUT2D eigenvalue weighted by atomic mass is 10.3. The maximum atomic E-state index is 11.2. The van der Waals surface area contributed by atoms with E-state index in [4.69, 9.17) is 4.74 Å².